The lowest BCUT2D eigenvalue weighted by atomic mass is 9.89. The van der Waals surface area contributed by atoms with Crippen molar-refractivity contribution in [1.29, 1.82) is 0 Å². The number of rotatable bonds is 5. The molecule has 0 aliphatic carbocycles. The molecule has 0 spiro atoms. The van der Waals surface area contributed by atoms with E-state index in [-0.39, 0.29) is 54.5 Å². The van der Waals surface area contributed by atoms with Gasteiger partial charge in [-0.25, -0.2) is 12.8 Å². The molecule has 0 bridgehead atoms. The van der Waals surface area contributed by atoms with Crippen molar-refractivity contribution >= 4 is 27.5 Å². The number of nitrogens with zero attached hydrogens (tertiary/aromatic N) is 2. The Morgan fingerprint density at radius 2 is 1.83 bits per heavy atom. The minimum Gasteiger partial charge on any atom is -0.376 e. The first-order valence-electron chi connectivity index (χ1n) is 11.0. The van der Waals surface area contributed by atoms with Gasteiger partial charge in [0, 0.05) is 6.42 Å². The van der Waals surface area contributed by atoms with Crippen LogP contribution in [0.25, 0.3) is 0 Å². The summed E-state index contributed by atoms with van der Waals surface area (Å²) in [5.74, 6) is -1.49. The van der Waals surface area contributed by atoms with Gasteiger partial charge in [-0.3, -0.25) is 13.9 Å². The molecule has 36 heavy (non-hydrogen) atoms. The van der Waals surface area contributed by atoms with Gasteiger partial charge in [0.1, 0.15) is 12.4 Å². The van der Waals surface area contributed by atoms with Gasteiger partial charge >= 0.3 is 6.18 Å². The van der Waals surface area contributed by atoms with E-state index in [9.17, 15) is 40.7 Å². The summed E-state index contributed by atoms with van der Waals surface area (Å²) in [5, 5.41) is 12.6. The summed E-state index contributed by atoms with van der Waals surface area (Å²) in [4.78, 5) is 25.3. The standard InChI is InChI=1S/C23H23F4N3O5S/c1-22(33,23(25,26)27)15-3-9-19-14(10-15)2-6-17(11-21(32)29-12-20(31)28-13-29)30(19)36(34,35)18-7-4-16(24)5-8-18/h3-5,7-10,17,33H,2,6,11-13H2,1H3,(H,28,31)/t17-,22?/m0/s1. The Hall–Kier alpha value is -3.19. The zero-order valence-electron chi connectivity index (χ0n) is 19.0. The van der Waals surface area contributed by atoms with Crippen molar-refractivity contribution in [3.63, 3.8) is 0 Å². The van der Waals surface area contributed by atoms with Crippen LogP contribution in [0.5, 0.6) is 0 Å². The van der Waals surface area contributed by atoms with Crippen LogP contribution >= 0.6 is 0 Å². The van der Waals surface area contributed by atoms with Crippen LogP contribution < -0.4 is 9.62 Å². The molecule has 1 fully saturated rings. The highest BCUT2D eigenvalue weighted by Gasteiger charge is 2.51. The largest absolute Gasteiger partial charge is 0.421 e. The minimum atomic E-state index is -4.97. The smallest absolute Gasteiger partial charge is 0.376 e. The van der Waals surface area contributed by atoms with Crippen molar-refractivity contribution in [2.24, 2.45) is 0 Å². The second-order valence-corrected chi connectivity index (χ2v) is 10.7. The molecule has 0 saturated carbocycles. The van der Waals surface area contributed by atoms with Crippen LogP contribution in [0.15, 0.2) is 47.4 Å². The van der Waals surface area contributed by atoms with E-state index in [1.807, 2.05) is 0 Å². The number of halogens is 4. The van der Waals surface area contributed by atoms with Crippen molar-refractivity contribution < 1.29 is 40.7 Å². The van der Waals surface area contributed by atoms with Crippen molar-refractivity contribution in [1.82, 2.24) is 10.2 Å². The number of sulfonamides is 1. The van der Waals surface area contributed by atoms with Crippen molar-refractivity contribution in [2.75, 3.05) is 17.5 Å². The summed E-state index contributed by atoms with van der Waals surface area (Å²) in [6, 6.07) is 6.40. The van der Waals surface area contributed by atoms with Gasteiger partial charge in [0.25, 0.3) is 10.0 Å². The van der Waals surface area contributed by atoms with E-state index < -0.39 is 45.1 Å². The Balaban J connectivity index is 1.76. The third-order valence-electron chi connectivity index (χ3n) is 6.44. The monoisotopic (exact) mass is 529 g/mol. The summed E-state index contributed by atoms with van der Waals surface area (Å²) < 4.78 is 81.9. The number of benzene rings is 2. The van der Waals surface area contributed by atoms with E-state index >= 15 is 0 Å². The molecule has 4 rings (SSSR count). The first kappa shape index (κ1) is 25.9. The predicted molar refractivity (Wildman–Crippen MR) is 120 cm³/mol. The van der Waals surface area contributed by atoms with Crippen LogP contribution in [0.1, 0.15) is 30.9 Å². The van der Waals surface area contributed by atoms with Gasteiger partial charge in [0.05, 0.1) is 23.3 Å². The Morgan fingerprint density at radius 3 is 2.42 bits per heavy atom. The number of nitrogens with one attached hydrogen (secondary N) is 1. The third-order valence-corrected chi connectivity index (χ3v) is 8.33. The van der Waals surface area contributed by atoms with Gasteiger partial charge in [-0.1, -0.05) is 12.1 Å². The molecule has 0 radical (unpaired) electrons. The molecular formula is C23H23F4N3O5S. The first-order valence-corrected chi connectivity index (χ1v) is 12.4. The van der Waals surface area contributed by atoms with Crippen LogP contribution in [0.2, 0.25) is 0 Å². The van der Waals surface area contributed by atoms with Gasteiger partial charge in [0.15, 0.2) is 5.60 Å². The van der Waals surface area contributed by atoms with Crippen LogP contribution in [-0.4, -0.2) is 55.7 Å². The average Bonchev–Trinajstić information content (AvgIpc) is 3.24. The second-order valence-electron chi connectivity index (χ2n) is 8.91. The van der Waals surface area contributed by atoms with Gasteiger partial charge < -0.3 is 15.3 Å². The Labute approximate surface area is 204 Å². The maximum absolute atomic E-state index is 13.7. The highest BCUT2D eigenvalue weighted by Crippen LogP contribution is 2.43. The SMILES string of the molecule is CC(O)(c1ccc2c(c1)CC[C@@H](CC(=O)N1CNC(=O)C1)N2S(=O)(=O)c1ccc(F)cc1)C(F)(F)F. The molecule has 2 heterocycles. The zero-order valence-corrected chi connectivity index (χ0v) is 19.9. The van der Waals surface area contributed by atoms with E-state index in [0.29, 0.717) is 6.92 Å². The van der Waals surface area contributed by atoms with Gasteiger partial charge in [0.2, 0.25) is 11.8 Å². The molecule has 2 aromatic rings. The van der Waals surface area contributed by atoms with Crippen molar-refractivity contribution in [2.45, 2.75) is 48.9 Å². The molecule has 1 unspecified atom stereocenters. The van der Waals surface area contributed by atoms with Crippen LogP contribution in [0.3, 0.4) is 0 Å². The molecule has 8 nitrogen and oxygen atoms in total. The van der Waals surface area contributed by atoms with E-state index in [1.165, 1.54) is 11.0 Å². The first-order chi connectivity index (χ1) is 16.7. The van der Waals surface area contributed by atoms with Crippen LogP contribution in [-0.2, 0) is 31.6 Å². The zero-order chi connectivity index (χ0) is 26.5. The maximum atomic E-state index is 13.7. The summed E-state index contributed by atoms with van der Waals surface area (Å²) in [7, 11) is -4.37. The lowest BCUT2D eigenvalue weighted by Crippen LogP contribution is -2.47. The summed E-state index contributed by atoms with van der Waals surface area (Å²) in [6.07, 6.45) is -5.02. The highest BCUT2D eigenvalue weighted by molar-refractivity contribution is 7.92. The van der Waals surface area contributed by atoms with E-state index in [0.717, 1.165) is 40.7 Å². The fraction of sp³-hybridized carbons (Fsp3) is 0.391. The fourth-order valence-electron chi connectivity index (χ4n) is 4.31. The molecule has 13 heteroatoms. The van der Waals surface area contributed by atoms with Crippen LogP contribution in [0.4, 0.5) is 23.2 Å². The molecule has 2 amide bonds. The molecule has 2 aliphatic heterocycles. The molecule has 2 aliphatic rings. The number of aliphatic hydroxyl groups is 1. The summed E-state index contributed by atoms with van der Waals surface area (Å²) in [6.45, 7) is 0.432. The number of anilines is 1. The van der Waals surface area contributed by atoms with Gasteiger partial charge in [-0.15, -0.1) is 0 Å². The lowest BCUT2D eigenvalue weighted by molar-refractivity contribution is -0.258. The van der Waals surface area contributed by atoms with Gasteiger partial charge in [-0.2, -0.15) is 13.2 Å². The molecule has 0 aromatic heterocycles. The third kappa shape index (κ3) is 4.64. The van der Waals surface area contributed by atoms with Gasteiger partial charge in [-0.05, 0) is 61.2 Å². The summed E-state index contributed by atoms with van der Waals surface area (Å²) in [5.41, 5.74) is -3.32. The van der Waals surface area contributed by atoms with E-state index in [4.69, 9.17) is 0 Å². The Kier molecular flexibility index (Phi) is 6.50. The van der Waals surface area contributed by atoms with E-state index in [1.54, 1.807) is 0 Å². The van der Waals surface area contributed by atoms with Crippen LogP contribution in [0, 0.1) is 5.82 Å². The van der Waals surface area contributed by atoms with Crippen molar-refractivity contribution in [3.05, 3.63) is 59.4 Å². The average molecular weight is 530 g/mol. The Morgan fingerprint density at radius 1 is 1.17 bits per heavy atom. The quantitative estimate of drug-likeness (QED) is 0.579. The molecule has 194 valence electrons. The number of carbonyl (C=O) groups is 2. The number of hydrogen-bond donors (Lipinski definition) is 2. The number of hydrogen-bond acceptors (Lipinski definition) is 5. The summed E-state index contributed by atoms with van der Waals surface area (Å²) >= 11 is 0. The highest BCUT2D eigenvalue weighted by atomic mass is 32.2. The number of alkyl halides is 3. The lowest BCUT2D eigenvalue weighted by Gasteiger charge is -2.39. The molecule has 1 saturated heterocycles. The Bertz CT molecular complexity index is 1300. The molecular weight excluding hydrogens is 506 g/mol. The van der Waals surface area contributed by atoms with E-state index in [2.05, 4.69) is 5.32 Å². The number of aryl methyl sites for hydroxylation is 1. The molecule has 2 N–H and O–H groups in total. The maximum Gasteiger partial charge on any atom is 0.421 e. The molecule has 2 atom stereocenters. The number of amides is 2. The normalized spacial score (nSPS) is 20.1. The molecule has 2 aromatic carbocycles. The number of carbonyl (C=O) groups excluding carboxylic acids is 2. The second kappa shape index (κ2) is 9.04. The van der Waals surface area contributed by atoms with Crippen molar-refractivity contribution in [3.8, 4) is 0 Å². The predicted octanol–water partition coefficient (Wildman–Crippen LogP) is 2.41. The topological polar surface area (TPSA) is 107 Å². The fourth-order valence-corrected chi connectivity index (χ4v) is 6.03. The number of fused-ring (bicyclic) bond motifs is 1. The minimum absolute atomic E-state index is 0.0123.